The number of likely N-dealkylation sites (tertiary alicyclic amines) is 1. The van der Waals surface area contributed by atoms with Crippen molar-refractivity contribution in [2.24, 2.45) is 5.92 Å². The van der Waals surface area contributed by atoms with Crippen LogP contribution < -0.4 is 10.6 Å². The van der Waals surface area contributed by atoms with Crippen LogP contribution in [0, 0.1) is 5.92 Å². The van der Waals surface area contributed by atoms with Gasteiger partial charge in [0.2, 0.25) is 0 Å². The van der Waals surface area contributed by atoms with Crippen LogP contribution in [0.2, 0.25) is 0 Å². The van der Waals surface area contributed by atoms with Crippen LogP contribution in [0.5, 0.6) is 0 Å². The number of carbonyl (C=O) groups excluding carboxylic acids is 1. The second-order valence-electron chi connectivity index (χ2n) is 5.42. The fourth-order valence-electron chi connectivity index (χ4n) is 2.32. The van der Waals surface area contributed by atoms with Gasteiger partial charge in [0.1, 0.15) is 6.04 Å². The molecule has 0 aliphatic carbocycles. The van der Waals surface area contributed by atoms with Gasteiger partial charge in [-0.15, -0.1) is 0 Å². The number of carboxylic acid groups (broad SMARTS) is 2. The third kappa shape index (κ3) is 6.94. The van der Waals surface area contributed by atoms with E-state index < -0.39 is 30.4 Å². The highest BCUT2D eigenvalue weighted by Gasteiger charge is 2.23. The average molecular weight is 301 g/mol. The Morgan fingerprint density at radius 2 is 1.86 bits per heavy atom. The Hall–Kier alpha value is -1.83. The molecule has 4 N–H and O–H groups in total. The molecule has 0 bridgehead atoms. The summed E-state index contributed by atoms with van der Waals surface area (Å²) in [5.74, 6) is -2.06. The smallest absolute Gasteiger partial charge is 0.326 e. The topological polar surface area (TPSA) is 119 Å². The van der Waals surface area contributed by atoms with Gasteiger partial charge in [-0.25, -0.2) is 9.59 Å². The van der Waals surface area contributed by atoms with Crippen molar-refractivity contribution in [3.8, 4) is 0 Å². The van der Waals surface area contributed by atoms with Gasteiger partial charge in [0.25, 0.3) is 0 Å². The van der Waals surface area contributed by atoms with Gasteiger partial charge in [-0.3, -0.25) is 4.79 Å². The van der Waals surface area contributed by atoms with Gasteiger partial charge in [0.15, 0.2) is 0 Å². The molecule has 1 atom stereocenters. The molecular formula is C13H23N3O5. The predicted molar refractivity (Wildman–Crippen MR) is 75.0 cm³/mol. The SMILES string of the molecule is CN1CCC(CCNC(=O)N[C@H](CC(=O)O)C(=O)O)CC1. The zero-order valence-corrected chi connectivity index (χ0v) is 12.2. The predicted octanol–water partition coefficient (Wildman–Crippen LogP) is -0.0546. The zero-order chi connectivity index (χ0) is 15.8. The minimum Gasteiger partial charge on any atom is -0.481 e. The Labute approximate surface area is 123 Å². The van der Waals surface area contributed by atoms with Crippen LogP contribution in [0.1, 0.15) is 25.7 Å². The Balaban J connectivity index is 2.23. The molecule has 8 heteroatoms. The van der Waals surface area contributed by atoms with Crippen LogP contribution in [-0.2, 0) is 9.59 Å². The van der Waals surface area contributed by atoms with Crippen molar-refractivity contribution >= 4 is 18.0 Å². The maximum Gasteiger partial charge on any atom is 0.326 e. The first-order valence-electron chi connectivity index (χ1n) is 7.06. The number of nitrogens with one attached hydrogen (secondary N) is 2. The van der Waals surface area contributed by atoms with Gasteiger partial charge in [-0.2, -0.15) is 0 Å². The lowest BCUT2D eigenvalue weighted by atomic mass is 9.94. The van der Waals surface area contributed by atoms with Crippen LogP contribution in [0.15, 0.2) is 0 Å². The van der Waals surface area contributed by atoms with E-state index in [1.54, 1.807) is 0 Å². The lowest BCUT2D eigenvalue weighted by molar-refractivity contribution is -0.145. The van der Waals surface area contributed by atoms with Gasteiger partial charge in [-0.1, -0.05) is 0 Å². The highest BCUT2D eigenvalue weighted by atomic mass is 16.4. The van der Waals surface area contributed by atoms with Gasteiger partial charge >= 0.3 is 18.0 Å². The molecule has 1 aliphatic rings. The molecule has 0 spiro atoms. The molecule has 120 valence electrons. The third-order valence-corrected chi connectivity index (χ3v) is 3.66. The van der Waals surface area contributed by atoms with E-state index in [9.17, 15) is 14.4 Å². The molecule has 1 fully saturated rings. The van der Waals surface area contributed by atoms with Gasteiger partial charge in [0, 0.05) is 6.54 Å². The Kier molecular flexibility index (Phi) is 6.93. The lowest BCUT2D eigenvalue weighted by Crippen LogP contribution is -2.47. The molecule has 2 amide bonds. The zero-order valence-electron chi connectivity index (χ0n) is 12.2. The number of amides is 2. The highest BCUT2D eigenvalue weighted by Crippen LogP contribution is 2.18. The van der Waals surface area contributed by atoms with Crippen molar-refractivity contribution in [3.05, 3.63) is 0 Å². The van der Waals surface area contributed by atoms with E-state index in [1.807, 2.05) is 0 Å². The van der Waals surface area contributed by atoms with Crippen molar-refractivity contribution in [3.63, 3.8) is 0 Å². The molecule has 8 nitrogen and oxygen atoms in total. The van der Waals surface area contributed by atoms with E-state index in [0.717, 1.165) is 32.4 Å². The first kappa shape index (κ1) is 17.2. The lowest BCUT2D eigenvalue weighted by Gasteiger charge is -2.28. The number of piperidine rings is 1. The summed E-state index contributed by atoms with van der Waals surface area (Å²) in [7, 11) is 2.08. The number of urea groups is 1. The largest absolute Gasteiger partial charge is 0.481 e. The van der Waals surface area contributed by atoms with Crippen LogP contribution >= 0.6 is 0 Å². The molecule has 0 aromatic carbocycles. The second kappa shape index (κ2) is 8.46. The number of carbonyl (C=O) groups is 3. The van der Waals surface area contributed by atoms with E-state index in [-0.39, 0.29) is 0 Å². The quantitative estimate of drug-likeness (QED) is 0.523. The Morgan fingerprint density at radius 1 is 1.24 bits per heavy atom. The standard InChI is InChI=1S/C13H23N3O5/c1-16-6-3-9(4-7-16)2-5-14-13(21)15-10(12(19)20)8-11(17)18/h9-10H,2-8H2,1H3,(H,17,18)(H,19,20)(H2,14,15,21)/t10-/m1/s1. The molecule has 0 unspecified atom stereocenters. The van der Waals surface area contributed by atoms with Crippen molar-refractivity contribution in [1.82, 2.24) is 15.5 Å². The first-order chi connectivity index (χ1) is 9.88. The van der Waals surface area contributed by atoms with Crippen LogP contribution in [0.4, 0.5) is 4.79 Å². The van der Waals surface area contributed by atoms with Gasteiger partial charge in [0.05, 0.1) is 6.42 Å². The van der Waals surface area contributed by atoms with Crippen molar-refractivity contribution in [2.75, 3.05) is 26.7 Å². The van der Waals surface area contributed by atoms with Crippen molar-refractivity contribution in [2.45, 2.75) is 31.7 Å². The molecule has 1 aliphatic heterocycles. The molecule has 0 radical (unpaired) electrons. The highest BCUT2D eigenvalue weighted by molar-refractivity contribution is 5.86. The molecule has 0 saturated carbocycles. The number of rotatable bonds is 7. The summed E-state index contributed by atoms with van der Waals surface area (Å²) < 4.78 is 0. The molecule has 1 saturated heterocycles. The number of nitrogens with zero attached hydrogens (tertiary/aromatic N) is 1. The molecule has 0 aromatic heterocycles. The minimum absolute atomic E-state index is 0.458. The summed E-state index contributed by atoms with van der Waals surface area (Å²) in [6.45, 7) is 2.56. The van der Waals surface area contributed by atoms with Gasteiger partial charge < -0.3 is 25.7 Å². The second-order valence-corrected chi connectivity index (χ2v) is 5.42. The third-order valence-electron chi connectivity index (χ3n) is 3.66. The molecule has 1 rings (SSSR count). The van der Waals surface area contributed by atoms with E-state index in [4.69, 9.17) is 10.2 Å². The van der Waals surface area contributed by atoms with Crippen molar-refractivity contribution < 1.29 is 24.6 Å². The summed E-state index contributed by atoms with van der Waals surface area (Å²) in [6, 6.07) is -2.05. The number of carboxylic acids is 2. The average Bonchev–Trinajstić information content (AvgIpc) is 2.39. The Morgan fingerprint density at radius 3 is 2.38 bits per heavy atom. The van der Waals surface area contributed by atoms with E-state index in [0.29, 0.717) is 12.5 Å². The fraction of sp³-hybridized carbons (Fsp3) is 0.769. The number of hydrogen-bond donors (Lipinski definition) is 4. The maximum atomic E-state index is 11.5. The van der Waals surface area contributed by atoms with Crippen LogP contribution in [-0.4, -0.2) is 65.8 Å². The summed E-state index contributed by atoms with van der Waals surface area (Å²) in [4.78, 5) is 35.1. The molecule has 0 aromatic rings. The van der Waals surface area contributed by atoms with E-state index in [1.165, 1.54) is 0 Å². The molecular weight excluding hydrogens is 278 g/mol. The summed E-state index contributed by atoms with van der Waals surface area (Å²) >= 11 is 0. The normalized spacial score (nSPS) is 18.0. The number of aliphatic carboxylic acids is 2. The van der Waals surface area contributed by atoms with Gasteiger partial charge in [-0.05, 0) is 45.3 Å². The number of hydrogen-bond acceptors (Lipinski definition) is 4. The molecule has 1 heterocycles. The fourth-order valence-corrected chi connectivity index (χ4v) is 2.32. The molecule has 21 heavy (non-hydrogen) atoms. The summed E-state index contributed by atoms with van der Waals surface area (Å²) in [5, 5.41) is 22.1. The Bertz CT molecular complexity index is 380. The van der Waals surface area contributed by atoms with E-state index in [2.05, 4.69) is 22.6 Å². The summed E-state index contributed by atoms with van der Waals surface area (Å²) in [5.41, 5.74) is 0. The van der Waals surface area contributed by atoms with Crippen LogP contribution in [0.3, 0.4) is 0 Å². The minimum atomic E-state index is -1.41. The van der Waals surface area contributed by atoms with Crippen molar-refractivity contribution in [1.29, 1.82) is 0 Å². The first-order valence-corrected chi connectivity index (χ1v) is 7.06. The monoisotopic (exact) mass is 301 g/mol. The van der Waals surface area contributed by atoms with E-state index >= 15 is 0 Å². The maximum absolute atomic E-state index is 11.5. The summed E-state index contributed by atoms with van der Waals surface area (Å²) in [6.07, 6.45) is 2.39. The van der Waals surface area contributed by atoms with Crippen LogP contribution in [0.25, 0.3) is 0 Å².